The van der Waals surface area contributed by atoms with Gasteiger partial charge in [0.25, 0.3) is 11.8 Å². The number of nitrogens with zero attached hydrogens (tertiary/aromatic N) is 3. The van der Waals surface area contributed by atoms with Gasteiger partial charge in [0.15, 0.2) is 11.4 Å². The number of para-hydroxylation sites is 1. The van der Waals surface area contributed by atoms with Crippen LogP contribution in [0.4, 0.5) is 15.8 Å². The van der Waals surface area contributed by atoms with Crippen LogP contribution in [-0.2, 0) is 0 Å². The lowest BCUT2D eigenvalue weighted by molar-refractivity contribution is 0.101. The first-order chi connectivity index (χ1) is 15.5. The summed E-state index contributed by atoms with van der Waals surface area (Å²) >= 11 is 0. The first-order valence-corrected chi connectivity index (χ1v) is 9.57. The summed E-state index contributed by atoms with van der Waals surface area (Å²) in [7, 11) is 1.42. The molecule has 2 N–H and O–H groups in total. The Hall–Kier alpha value is -4.53. The van der Waals surface area contributed by atoms with Crippen molar-refractivity contribution in [1.82, 2.24) is 14.8 Å². The molecular formula is C23H18FN5O3. The van der Waals surface area contributed by atoms with E-state index in [1.165, 1.54) is 36.2 Å². The third-order valence-electron chi connectivity index (χ3n) is 4.51. The number of rotatable bonds is 6. The first kappa shape index (κ1) is 20.7. The number of carbonyl (C=O) groups is 2. The molecule has 2 amide bonds. The lowest BCUT2D eigenvalue weighted by Crippen LogP contribution is -2.18. The molecule has 0 fully saturated rings. The van der Waals surface area contributed by atoms with Gasteiger partial charge in [0.05, 0.1) is 30.4 Å². The van der Waals surface area contributed by atoms with Crippen molar-refractivity contribution in [3.63, 3.8) is 0 Å². The number of nitrogens with one attached hydrogen (secondary N) is 2. The Balaban J connectivity index is 1.60. The van der Waals surface area contributed by atoms with Crippen LogP contribution in [-0.4, -0.2) is 33.7 Å². The summed E-state index contributed by atoms with van der Waals surface area (Å²) in [5, 5.41) is 9.52. The Kier molecular flexibility index (Phi) is 5.89. The molecule has 8 nitrogen and oxygen atoms in total. The minimum Gasteiger partial charge on any atom is -0.493 e. The number of hydrogen-bond acceptors (Lipinski definition) is 5. The molecule has 2 aromatic heterocycles. The van der Waals surface area contributed by atoms with Crippen LogP contribution >= 0.6 is 0 Å². The number of aromatic nitrogens is 3. The summed E-state index contributed by atoms with van der Waals surface area (Å²) in [5.74, 6) is -1.48. The highest BCUT2D eigenvalue weighted by molar-refractivity contribution is 6.09. The fourth-order valence-electron chi connectivity index (χ4n) is 2.97. The van der Waals surface area contributed by atoms with Gasteiger partial charge in [-0.25, -0.2) is 9.07 Å². The highest BCUT2D eigenvalue weighted by Gasteiger charge is 2.20. The molecule has 160 valence electrons. The Morgan fingerprint density at radius 3 is 2.41 bits per heavy atom. The van der Waals surface area contributed by atoms with Crippen LogP contribution < -0.4 is 15.4 Å². The number of amides is 2. The van der Waals surface area contributed by atoms with Crippen molar-refractivity contribution < 1.29 is 18.7 Å². The van der Waals surface area contributed by atoms with E-state index in [1.54, 1.807) is 18.3 Å². The predicted molar refractivity (Wildman–Crippen MR) is 117 cm³/mol. The minimum absolute atomic E-state index is 0.00242. The molecule has 0 atom stereocenters. The van der Waals surface area contributed by atoms with E-state index < -0.39 is 17.6 Å². The van der Waals surface area contributed by atoms with Crippen molar-refractivity contribution in [3.05, 3.63) is 96.3 Å². The number of benzene rings is 2. The van der Waals surface area contributed by atoms with Gasteiger partial charge in [0, 0.05) is 6.20 Å². The Morgan fingerprint density at radius 2 is 1.69 bits per heavy atom. The predicted octanol–water partition coefficient (Wildman–Crippen LogP) is 3.92. The average molecular weight is 431 g/mol. The first-order valence-electron chi connectivity index (χ1n) is 9.57. The summed E-state index contributed by atoms with van der Waals surface area (Å²) in [6.45, 7) is 0. The molecule has 9 heteroatoms. The zero-order valence-corrected chi connectivity index (χ0v) is 16.9. The van der Waals surface area contributed by atoms with Gasteiger partial charge in [-0.1, -0.05) is 24.3 Å². The average Bonchev–Trinajstić information content (AvgIpc) is 3.27. The fraction of sp³-hybridized carbons (Fsp3) is 0.0435. The van der Waals surface area contributed by atoms with E-state index >= 15 is 0 Å². The molecule has 4 aromatic rings. The second-order valence-electron chi connectivity index (χ2n) is 6.64. The maximum atomic E-state index is 13.9. The molecule has 0 bridgehead atoms. The molecule has 2 aromatic carbocycles. The van der Waals surface area contributed by atoms with Gasteiger partial charge in [-0.3, -0.25) is 14.6 Å². The molecule has 2 heterocycles. The van der Waals surface area contributed by atoms with E-state index in [1.807, 2.05) is 30.3 Å². The van der Waals surface area contributed by atoms with E-state index in [4.69, 9.17) is 4.74 Å². The van der Waals surface area contributed by atoms with Crippen LogP contribution in [0, 0.1) is 5.82 Å². The monoisotopic (exact) mass is 431 g/mol. The van der Waals surface area contributed by atoms with E-state index in [0.29, 0.717) is 0 Å². The topological polar surface area (TPSA) is 98.1 Å². The third kappa shape index (κ3) is 4.46. The normalized spacial score (nSPS) is 10.4. The molecule has 0 saturated heterocycles. The van der Waals surface area contributed by atoms with Crippen molar-refractivity contribution >= 4 is 23.2 Å². The fourth-order valence-corrected chi connectivity index (χ4v) is 2.97. The van der Waals surface area contributed by atoms with E-state index in [-0.39, 0.29) is 28.5 Å². The largest absolute Gasteiger partial charge is 0.493 e. The molecule has 0 radical (unpaired) electrons. The Morgan fingerprint density at radius 1 is 0.938 bits per heavy atom. The molecular weight excluding hydrogens is 413 g/mol. The summed E-state index contributed by atoms with van der Waals surface area (Å²) in [6, 6.07) is 17.7. The Bertz CT molecular complexity index is 1260. The summed E-state index contributed by atoms with van der Waals surface area (Å²) in [4.78, 5) is 29.4. The van der Waals surface area contributed by atoms with Crippen molar-refractivity contribution in [1.29, 1.82) is 0 Å². The summed E-state index contributed by atoms with van der Waals surface area (Å²) < 4.78 is 20.7. The summed E-state index contributed by atoms with van der Waals surface area (Å²) in [5.41, 5.74) is 1.19. The van der Waals surface area contributed by atoms with Crippen molar-refractivity contribution in [2.24, 2.45) is 0 Å². The van der Waals surface area contributed by atoms with Crippen LogP contribution in [0.5, 0.6) is 5.75 Å². The molecule has 0 spiro atoms. The molecule has 0 aliphatic rings. The van der Waals surface area contributed by atoms with Gasteiger partial charge < -0.3 is 15.4 Å². The molecule has 4 rings (SSSR count). The lowest BCUT2D eigenvalue weighted by Gasteiger charge is -2.12. The van der Waals surface area contributed by atoms with Crippen LogP contribution in [0.15, 0.2) is 79.1 Å². The smallest absolute Gasteiger partial charge is 0.280 e. The highest BCUT2D eigenvalue weighted by atomic mass is 19.1. The number of carbonyl (C=O) groups excluding carboxylic acids is 2. The molecule has 0 saturated carbocycles. The van der Waals surface area contributed by atoms with Gasteiger partial charge in [0.2, 0.25) is 0 Å². The number of halogens is 1. The third-order valence-corrected chi connectivity index (χ3v) is 4.51. The van der Waals surface area contributed by atoms with Crippen LogP contribution in [0.25, 0.3) is 5.69 Å². The van der Waals surface area contributed by atoms with E-state index in [9.17, 15) is 14.0 Å². The SMILES string of the molecule is COc1cn(-c2ccccc2)nc1C(=O)Nc1cc(F)ccc1NC(=O)c1ccccn1. The zero-order valence-electron chi connectivity index (χ0n) is 16.9. The molecule has 0 aliphatic heterocycles. The van der Waals surface area contributed by atoms with Crippen LogP contribution in [0.2, 0.25) is 0 Å². The van der Waals surface area contributed by atoms with Crippen molar-refractivity contribution in [3.8, 4) is 11.4 Å². The standard InChI is InChI=1S/C23H18FN5O3/c1-32-20-14-29(16-7-3-2-4-8-16)28-21(20)23(31)27-19-13-15(24)10-11-17(19)26-22(30)18-9-5-6-12-25-18/h2-14H,1H3,(H,26,30)(H,27,31). The second-order valence-corrected chi connectivity index (χ2v) is 6.64. The summed E-state index contributed by atoms with van der Waals surface area (Å²) in [6.07, 6.45) is 3.05. The van der Waals surface area contributed by atoms with Gasteiger partial charge >= 0.3 is 0 Å². The van der Waals surface area contributed by atoms with Crippen molar-refractivity contribution in [2.75, 3.05) is 17.7 Å². The quantitative estimate of drug-likeness (QED) is 0.482. The number of ether oxygens (including phenoxy) is 1. The number of pyridine rings is 1. The van der Waals surface area contributed by atoms with Crippen LogP contribution in [0.1, 0.15) is 21.0 Å². The second kappa shape index (κ2) is 9.09. The minimum atomic E-state index is -0.629. The van der Waals surface area contributed by atoms with E-state index in [0.717, 1.165) is 11.8 Å². The zero-order chi connectivity index (χ0) is 22.5. The van der Waals surface area contributed by atoms with Crippen LogP contribution in [0.3, 0.4) is 0 Å². The molecule has 32 heavy (non-hydrogen) atoms. The molecule has 0 unspecified atom stereocenters. The number of anilines is 2. The van der Waals surface area contributed by atoms with Gasteiger partial charge in [0.1, 0.15) is 11.5 Å². The Labute approximate surface area is 182 Å². The number of hydrogen-bond donors (Lipinski definition) is 2. The van der Waals surface area contributed by atoms with Crippen molar-refractivity contribution in [2.45, 2.75) is 0 Å². The van der Waals surface area contributed by atoms with Gasteiger partial charge in [-0.15, -0.1) is 0 Å². The number of methoxy groups -OCH3 is 1. The maximum Gasteiger partial charge on any atom is 0.280 e. The van der Waals surface area contributed by atoms with E-state index in [2.05, 4.69) is 20.7 Å². The van der Waals surface area contributed by atoms with Gasteiger partial charge in [-0.2, -0.15) is 5.10 Å². The maximum absolute atomic E-state index is 13.9. The highest BCUT2D eigenvalue weighted by Crippen LogP contribution is 2.26. The lowest BCUT2D eigenvalue weighted by atomic mass is 10.2. The van der Waals surface area contributed by atoms with Gasteiger partial charge in [-0.05, 0) is 42.5 Å². The molecule has 0 aliphatic carbocycles.